The number of hydrogen-bond donors (Lipinski definition) is 1. The quantitative estimate of drug-likeness (QED) is 0.843. The topological polar surface area (TPSA) is 12.0 Å². The number of benzene rings is 2. The van der Waals surface area contributed by atoms with Gasteiger partial charge in [-0.3, -0.25) is 0 Å². The van der Waals surface area contributed by atoms with E-state index in [0.717, 1.165) is 24.7 Å². The van der Waals surface area contributed by atoms with E-state index < -0.39 is 11.6 Å². The van der Waals surface area contributed by atoms with Crippen LogP contribution in [-0.4, -0.2) is 13.1 Å². The Morgan fingerprint density at radius 1 is 1.05 bits per heavy atom. The molecular weight excluding hydrogens is 256 g/mol. The summed E-state index contributed by atoms with van der Waals surface area (Å²) in [6.45, 7) is 3.69. The van der Waals surface area contributed by atoms with E-state index in [2.05, 4.69) is 5.32 Å². The van der Waals surface area contributed by atoms with E-state index >= 15 is 0 Å². The van der Waals surface area contributed by atoms with Gasteiger partial charge in [-0.25, -0.2) is 8.78 Å². The van der Waals surface area contributed by atoms with Crippen molar-refractivity contribution in [3.63, 3.8) is 0 Å². The maximum atomic E-state index is 13.8. The molecule has 0 saturated carbocycles. The Hall–Kier alpha value is -1.74. The Labute approximate surface area is 118 Å². The van der Waals surface area contributed by atoms with Gasteiger partial charge in [-0.1, -0.05) is 43.3 Å². The molecule has 1 nitrogen and oxygen atoms in total. The molecule has 0 amide bonds. The molecule has 0 heterocycles. The summed E-state index contributed by atoms with van der Waals surface area (Å²) in [5.74, 6) is -0.826. The molecule has 1 N–H and O–H groups in total. The minimum Gasteiger partial charge on any atom is -0.316 e. The summed E-state index contributed by atoms with van der Waals surface area (Å²) in [6, 6.07) is 13.8. The minimum absolute atomic E-state index is 0.177. The van der Waals surface area contributed by atoms with Crippen LogP contribution in [0.2, 0.25) is 0 Å². The molecule has 3 heteroatoms. The summed E-state index contributed by atoms with van der Waals surface area (Å²) in [5, 5.41) is 3.30. The Bertz CT molecular complexity index is 540. The zero-order chi connectivity index (χ0) is 14.4. The SMILES string of the molecule is CCNCC(Cc1ccc(F)cc1F)c1ccccc1. The van der Waals surface area contributed by atoms with Gasteiger partial charge in [-0.05, 0) is 30.2 Å². The Morgan fingerprint density at radius 2 is 1.80 bits per heavy atom. The summed E-state index contributed by atoms with van der Waals surface area (Å²) in [4.78, 5) is 0. The maximum Gasteiger partial charge on any atom is 0.129 e. The highest BCUT2D eigenvalue weighted by Gasteiger charge is 2.14. The molecule has 2 aromatic rings. The van der Waals surface area contributed by atoms with E-state index in [4.69, 9.17) is 0 Å². The van der Waals surface area contributed by atoms with Gasteiger partial charge in [0.05, 0.1) is 0 Å². The van der Waals surface area contributed by atoms with Crippen LogP contribution in [0.4, 0.5) is 8.78 Å². The van der Waals surface area contributed by atoms with Crippen molar-refractivity contribution in [1.82, 2.24) is 5.32 Å². The fourth-order valence-electron chi connectivity index (χ4n) is 2.30. The fourth-order valence-corrected chi connectivity index (χ4v) is 2.30. The average Bonchev–Trinajstić information content (AvgIpc) is 2.46. The number of nitrogens with one attached hydrogen (secondary N) is 1. The first-order chi connectivity index (χ1) is 9.70. The van der Waals surface area contributed by atoms with Gasteiger partial charge in [-0.15, -0.1) is 0 Å². The molecule has 0 spiro atoms. The van der Waals surface area contributed by atoms with E-state index in [1.807, 2.05) is 37.3 Å². The van der Waals surface area contributed by atoms with Crippen molar-refractivity contribution in [2.24, 2.45) is 0 Å². The summed E-state index contributed by atoms with van der Waals surface area (Å²) < 4.78 is 26.7. The van der Waals surface area contributed by atoms with Crippen LogP contribution in [0.25, 0.3) is 0 Å². The number of hydrogen-bond acceptors (Lipinski definition) is 1. The van der Waals surface area contributed by atoms with E-state index in [-0.39, 0.29) is 5.92 Å². The van der Waals surface area contributed by atoms with Crippen molar-refractivity contribution in [3.8, 4) is 0 Å². The lowest BCUT2D eigenvalue weighted by atomic mass is 9.91. The Balaban J connectivity index is 2.19. The minimum atomic E-state index is -0.533. The summed E-state index contributed by atoms with van der Waals surface area (Å²) in [7, 11) is 0. The standard InChI is InChI=1S/C17H19F2N/c1-2-20-12-15(13-6-4-3-5-7-13)10-14-8-9-16(18)11-17(14)19/h3-9,11,15,20H,2,10,12H2,1H3. The largest absolute Gasteiger partial charge is 0.316 e. The summed E-state index contributed by atoms with van der Waals surface area (Å²) >= 11 is 0. The highest BCUT2D eigenvalue weighted by molar-refractivity contribution is 5.26. The van der Waals surface area contributed by atoms with Crippen LogP contribution in [0, 0.1) is 11.6 Å². The molecule has 0 aliphatic heterocycles. The first-order valence-corrected chi connectivity index (χ1v) is 6.90. The molecule has 2 aromatic carbocycles. The second-order valence-corrected chi connectivity index (χ2v) is 4.86. The lowest BCUT2D eigenvalue weighted by Gasteiger charge is -2.18. The van der Waals surface area contributed by atoms with Gasteiger partial charge in [0, 0.05) is 18.5 Å². The molecule has 1 unspecified atom stereocenters. The molecule has 0 aromatic heterocycles. The van der Waals surface area contributed by atoms with Crippen LogP contribution in [0.5, 0.6) is 0 Å². The lowest BCUT2D eigenvalue weighted by Crippen LogP contribution is -2.23. The van der Waals surface area contributed by atoms with Crippen molar-refractivity contribution >= 4 is 0 Å². The van der Waals surface area contributed by atoms with Gasteiger partial charge < -0.3 is 5.32 Å². The van der Waals surface area contributed by atoms with Crippen molar-refractivity contribution in [3.05, 3.63) is 71.3 Å². The van der Waals surface area contributed by atoms with E-state index in [0.29, 0.717) is 12.0 Å². The molecule has 2 rings (SSSR count). The Kier molecular flexibility index (Phi) is 5.24. The molecule has 0 fully saturated rings. The van der Waals surface area contributed by atoms with E-state index in [1.54, 1.807) is 0 Å². The van der Waals surface area contributed by atoms with E-state index in [1.165, 1.54) is 12.1 Å². The van der Waals surface area contributed by atoms with Gasteiger partial charge in [-0.2, -0.15) is 0 Å². The molecule has 106 valence electrons. The molecule has 0 saturated heterocycles. The maximum absolute atomic E-state index is 13.8. The van der Waals surface area contributed by atoms with E-state index in [9.17, 15) is 8.78 Å². The Morgan fingerprint density at radius 3 is 2.45 bits per heavy atom. The molecule has 0 aliphatic carbocycles. The highest BCUT2D eigenvalue weighted by atomic mass is 19.1. The van der Waals surface area contributed by atoms with Crippen LogP contribution >= 0.6 is 0 Å². The molecule has 0 aliphatic rings. The lowest BCUT2D eigenvalue weighted by molar-refractivity contribution is 0.547. The molecule has 0 bridgehead atoms. The molecule has 1 atom stereocenters. The van der Waals surface area contributed by atoms with Crippen LogP contribution in [-0.2, 0) is 6.42 Å². The molecule has 0 radical (unpaired) electrons. The van der Waals surface area contributed by atoms with Crippen molar-refractivity contribution < 1.29 is 8.78 Å². The third kappa shape index (κ3) is 3.87. The first-order valence-electron chi connectivity index (χ1n) is 6.90. The smallest absolute Gasteiger partial charge is 0.129 e. The first kappa shape index (κ1) is 14.7. The fraction of sp³-hybridized carbons (Fsp3) is 0.294. The monoisotopic (exact) mass is 275 g/mol. The molecule has 20 heavy (non-hydrogen) atoms. The van der Waals surface area contributed by atoms with Crippen molar-refractivity contribution in [1.29, 1.82) is 0 Å². The van der Waals surface area contributed by atoms with Gasteiger partial charge in [0.25, 0.3) is 0 Å². The number of likely N-dealkylation sites (N-methyl/N-ethyl adjacent to an activating group) is 1. The van der Waals surface area contributed by atoms with Crippen molar-refractivity contribution in [2.45, 2.75) is 19.3 Å². The third-order valence-corrected chi connectivity index (χ3v) is 3.39. The van der Waals surface area contributed by atoms with Gasteiger partial charge in [0.1, 0.15) is 11.6 Å². The van der Waals surface area contributed by atoms with Crippen LogP contribution < -0.4 is 5.32 Å². The van der Waals surface area contributed by atoms with Crippen molar-refractivity contribution in [2.75, 3.05) is 13.1 Å². The molecular formula is C17H19F2N. The van der Waals surface area contributed by atoms with Crippen LogP contribution in [0.15, 0.2) is 48.5 Å². The normalized spacial score (nSPS) is 12.3. The van der Waals surface area contributed by atoms with Gasteiger partial charge in [0.2, 0.25) is 0 Å². The second-order valence-electron chi connectivity index (χ2n) is 4.86. The zero-order valence-electron chi connectivity index (χ0n) is 11.6. The zero-order valence-corrected chi connectivity index (χ0v) is 11.6. The summed E-state index contributed by atoms with van der Waals surface area (Å²) in [5.41, 5.74) is 1.72. The van der Waals surface area contributed by atoms with Crippen LogP contribution in [0.3, 0.4) is 0 Å². The van der Waals surface area contributed by atoms with Gasteiger partial charge in [0.15, 0.2) is 0 Å². The van der Waals surface area contributed by atoms with Crippen LogP contribution in [0.1, 0.15) is 24.0 Å². The summed E-state index contributed by atoms with van der Waals surface area (Å²) in [6.07, 6.45) is 0.559. The highest BCUT2D eigenvalue weighted by Crippen LogP contribution is 2.22. The number of halogens is 2. The predicted octanol–water partition coefficient (Wildman–Crippen LogP) is 3.90. The average molecular weight is 275 g/mol. The van der Waals surface area contributed by atoms with Gasteiger partial charge >= 0.3 is 0 Å². The second kappa shape index (κ2) is 7.15. The predicted molar refractivity (Wildman–Crippen MR) is 77.8 cm³/mol. The number of rotatable bonds is 6. The third-order valence-electron chi connectivity index (χ3n) is 3.39.